The normalized spacial score (nSPS) is 25.3. The number of para-hydroxylation sites is 1. The molecular weight excluding hydrogens is 484 g/mol. The van der Waals surface area contributed by atoms with E-state index in [2.05, 4.69) is 76.2 Å². The SMILES string of the molecule is CC(C)c1ccc(Sc2ccc(C(C)C)cc2)cc1.O=C(Oc1ccccc1)C12CC3CC(CC(C3)C1)C2. The molecule has 0 unspecified atom stereocenters. The van der Waals surface area contributed by atoms with Gasteiger partial charge in [0.1, 0.15) is 5.75 Å². The molecule has 0 amide bonds. The van der Waals surface area contributed by atoms with Gasteiger partial charge in [0.25, 0.3) is 0 Å². The van der Waals surface area contributed by atoms with Gasteiger partial charge in [-0.15, -0.1) is 0 Å². The highest BCUT2D eigenvalue weighted by molar-refractivity contribution is 7.99. The molecule has 4 saturated carbocycles. The maximum Gasteiger partial charge on any atom is 0.317 e. The number of carbonyl (C=O) groups is 1. The van der Waals surface area contributed by atoms with Gasteiger partial charge in [-0.25, -0.2) is 0 Å². The summed E-state index contributed by atoms with van der Waals surface area (Å²) >= 11 is 1.83. The average molecular weight is 527 g/mol. The van der Waals surface area contributed by atoms with Gasteiger partial charge < -0.3 is 4.74 Å². The molecule has 7 rings (SSSR count). The number of carbonyl (C=O) groups excluding carboxylic acids is 1. The summed E-state index contributed by atoms with van der Waals surface area (Å²) in [6, 6.07) is 27.3. The van der Waals surface area contributed by atoms with Crippen LogP contribution >= 0.6 is 11.8 Å². The van der Waals surface area contributed by atoms with Gasteiger partial charge >= 0.3 is 5.97 Å². The van der Waals surface area contributed by atoms with Crippen molar-refractivity contribution in [3.8, 4) is 5.75 Å². The fourth-order valence-electron chi connectivity index (χ4n) is 7.04. The average Bonchev–Trinajstić information content (AvgIpc) is 2.89. The van der Waals surface area contributed by atoms with Crippen molar-refractivity contribution < 1.29 is 9.53 Å². The Morgan fingerprint density at radius 2 is 1.11 bits per heavy atom. The Bertz CT molecular complexity index is 1110. The molecule has 0 aromatic heterocycles. The lowest BCUT2D eigenvalue weighted by atomic mass is 9.49. The second-order valence-corrected chi connectivity index (χ2v) is 13.6. The fraction of sp³-hybridized carbons (Fsp3) is 0.457. The lowest BCUT2D eigenvalue weighted by molar-refractivity contribution is -0.161. The molecule has 0 saturated heterocycles. The van der Waals surface area contributed by atoms with E-state index in [4.69, 9.17) is 4.74 Å². The molecule has 0 N–H and O–H groups in total. The zero-order valence-corrected chi connectivity index (χ0v) is 24.2. The number of rotatable bonds is 6. The summed E-state index contributed by atoms with van der Waals surface area (Å²) in [6.07, 6.45) is 7.30. The number of hydrogen-bond acceptors (Lipinski definition) is 3. The maximum atomic E-state index is 12.6. The van der Waals surface area contributed by atoms with E-state index in [0.29, 0.717) is 17.6 Å². The first-order valence-corrected chi connectivity index (χ1v) is 15.3. The first kappa shape index (κ1) is 27.1. The highest BCUT2D eigenvalue weighted by Crippen LogP contribution is 2.60. The topological polar surface area (TPSA) is 26.3 Å². The minimum atomic E-state index is -0.148. The van der Waals surface area contributed by atoms with Crippen molar-refractivity contribution in [2.45, 2.75) is 87.8 Å². The van der Waals surface area contributed by atoms with Crippen LogP contribution in [0.5, 0.6) is 5.75 Å². The second kappa shape index (κ2) is 11.7. The summed E-state index contributed by atoms with van der Waals surface area (Å²) in [6.45, 7) is 8.92. The Kier molecular flexibility index (Phi) is 8.33. The van der Waals surface area contributed by atoms with Crippen molar-refractivity contribution in [3.05, 3.63) is 90.0 Å². The van der Waals surface area contributed by atoms with Crippen LogP contribution in [0.2, 0.25) is 0 Å². The predicted octanol–water partition coefficient (Wildman–Crippen LogP) is 9.89. The maximum absolute atomic E-state index is 12.6. The summed E-state index contributed by atoms with van der Waals surface area (Å²) in [5, 5.41) is 0. The Balaban J connectivity index is 0.000000155. The molecule has 0 radical (unpaired) electrons. The van der Waals surface area contributed by atoms with Crippen LogP contribution in [0.3, 0.4) is 0 Å². The molecule has 3 aromatic rings. The minimum absolute atomic E-state index is 0.0396. The van der Waals surface area contributed by atoms with E-state index in [1.165, 1.54) is 40.2 Å². The minimum Gasteiger partial charge on any atom is -0.426 e. The monoisotopic (exact) mass is 526 g/mol. The number of esters is 1. The van der Waals surface area contributed by atoms with Crippen LogP contribution in [0.25, 0.3) is 0 Å². The molecule has 4 aliphatic carbocycles. The third kappa shape index (κ3) is 6.37. The van der Waals surface area contributed by atoms with Crippen molar-refractivity contribution in [3.63, 3.8) is 0 Å². The van der Waals surface area contributed by atoms with Gasteiger partial charge in [-0.3, -0.25) is 4.79 Å². The molecule has 4 fully saturated rings. The highest BCUT2D eigenvalue weighted by atomic mass is 32.2. The van der Waals surface area contributed by atoms with E-state index >= 15 is 0 Å². The van der Waals surface area contributed by atoms with Gasteiger partial charge in [0, 0.05) is 9.79 Å². The first-order valence-electron chi connectivity index (χ1n) is 14.4. The first-order chi connectivity index (χ1) is 18.3. The molecule has 0 heterocycles. The van der Waals surface area contributed by atoms with E-state index in [-0.39, 0.29) is 11.4 Å². The summed E-state index contributed by atoms with van der Waals surface area (Å²) < 4.78 is 5.66. The van der Waals surface area contributed by atoms with Crippen LogP contribution in [0.4, 0.5) is 0 Å². The summed E-state index contributed by atoms with van der Waals surface area (Å²) in [5.41, 5.74) is 2.66. The van der Waals surface area contributed by atoms with E-state index < -0.39 is 0 Å². The van der Waals surface area contributed by atoms with E-state index in [1.54, 1.807) is 0 Å². The lowest BCUT2D eigenvalue weighted by Gasteiger charge is -2.55. The zero-order chi connectivity index (χ0) is 26.7. The molecule has 4 bridgehead atoms. The van der Waals surface area contributed by atoms with Crippen LogP contribution in [-0.4, -0.2) is 5.97 Å². The van der Waals surface area contributed by atoms with Crippen LogP contribution < -0.4 is 4.74 Å². The molecular formula is C35H42O2S. The van der Waals surface area contributed by atoms with Crippen molar-refractivity contribution in [2.24, 2.45) is 23.2 Å². The third-order valence-corrected chi connectivity index (χ3v) is 9.77. The number of ether oxygens (including phenoxy) is 1. The van der Waals surface area contributed by atoms with Crippen molar-refractivity contribution in [1.29, 1.82) is 0 Å². The van der Waals surface area contributed by atoms with Crippen molar-refractivity contribution in [1.82, 2.24) is 0 Å². The lowest BCUT2D eigenvalue weighted by Crippen LogP contribution is -2.51. The fourth-order valence-corrected chi connectivity index (χ4v) is 7.86. The van der Waals surface area contributed by atoms with E-state index in [1.807, 2.05) is 42.1 Å². The summed E-state index contributed by atoms with van der Waals surface area (Å²) in [4.78, 5) is 15.3. The van der Waals surface area contributed by atoms with Gasteiger partial charge in [0.05, 0.1) is 5.41 Å². The van der Waals surface area contributed by atoms with Gasteiger partial charge in [-0.05, 0) is 116 Å². The molecule has 2 nitrogen and oxygen atoms in total. The van der Waals surface area contributed by atoms with Crippen LogP contribution in [0, 0.1) is 23.2 Å². The molecule has 200 valence electrons. The molecule has 0 spiro atoms. The smallest absolute Gasteiger partial charge is 0.317 e. The molecule has 38 heavy (non-hydrogen) atoms. The van der Waals surface area contributed by atoms with Gasteiger partial charge in [-0.1, -0.05) is 81.9 Å². The quantitative estimate of drug-likeness (QED) is 0.236. The third-order valence-electron chi connectivity index (χ3n) is 8.75. The van der Waals surface area contributed by atoms with Crippen LogP contribution in [0.1, 0.15) is 89.2 Å². The Labute approximate surface area is 233 Å². The highest BCUT2D eigenvalue weighted by Gasteiger charge is 2.55. The second-order valence-electron chi connectivity index (χ2n) is 12.4. The van der Waals surface area contributed by atoms with Gasteiger partial charge in [0.15, 0.2) is 0 Å². The van der Waals surface area contributed by atoms with Crippen LogP contribution in [0.15, 0.2) is 88.7 Å². The molecule has 3 heteroatoms. The van der Waals surface area contributed by atoms with Gasteiger partial charge in [0.2, 0.25) is 0 Å². The Hall–Kier alpha value is -2.52. The molecule has 0 atom stereocenters. The standard InChI is InChI=1S/C18H22S.C17H20O2/c1-13(2)15-5-9-17(10-6-15)19-18-11-7-16(8-12-18)14(3)4;18-16(19-15-4-2-1-3-5-15)17-9-12-6-13(10-17)8-14(7-12)11-17/h5-14H,1-4H3;1-5,12-14H,6-11H2. The van der Waals surface area contributed by atoms with Crippen LogP contribution in [-0.2, 0) is 4.79 Å². The van der Waals surface area contributed by atoms with Crippen molar-refractivity contribution >= 4 is 17.7 Å². The van der Waals surface area contributed by atoms with E-state index in [9.17, 15) is 4.79 Å². The summed E-state index contributed by atoms with van der Waals surface area (Å²) in [7, 11) is 0. The van der Waals surface area contributed by atoms with Gasteiger partial charge in [-0.2, -0.15) is 0 Å². The van der Waals surface area contributed by atoms with E-state index in [0.717, 1.165) is 37.0 Å². The molecule has 3 aromatic carbocycles. The Morgan fingerprint density at radius 1 is 0.684 bits per heavy atom. The van der Waals surface area contributed by atoms with Crippen molar-refractivity contribution in [2.75, 3.05) is 0 Å². The predicted molar refractivity (Wildman–Crippen MR) is 158 cm³/mol. The zero-order valence-electron chi connectivity index (χ0n) is 23.4. The number of hydrogen-bond donors (Lipinski definition) is 0. The Morgan fingerprint density at radius 3 is 1.50 bits per heavy atom. The summed E-state index contributed by atoms with van der Waals surface area (Å²) in [5.74, 6) is 4.30. The number of benzene rings is 3. The molecule has 4 aliphatic rings. The largest absolute Gasteiger partial charge is 0.426 e. The molecule has 0 aliphatic heterocycles.